The maximum absolute atomic E-state index is 14.3. The number of carbonyl (C=O) groups is 3. The van der Waals surface area contributed by atoms with Gasteiger partial charge in [0.05, 0.1) is 6.61 Å². The Balaban J connectivity index is 2.09. The van der Waals surface area contributed by atoms with Crippen LogP contribution in [0.3, 0.4) is 0 Å². The summed E-state index contributed by atoms with van der Waals surface area (Å²) in [6.45, 7) is 6.25. The molecule has 0 aliphatic rings. The zero-order valence-electron chi connectivity index (χ0n) is 24.3. The maximum atomic E-state index is 14.3. The van der Waals surface area contributed by atoms with Crippen molar-refractivity contribution in [2.45, 2.75) is 51.8 Å². The van der Waals surface area contributed by atoms with Gasteiger partial charge >= 0.3 is 6.09 Å². The molecule has 220 valence electrons. The highest BCUT2D eigenvalue weighted by Gasteiger charge is 2.37. The van der Waals surface area contributed by atoms with Crippen molar-refractivity contribution >= 4 is 23.6 Å². The quantitative estimate of drug-likeness (QED) is 0.269. The number of terminal acetylenes is 1. The molecule has 9 nitrogen and oxygen atoms in total. The molecular formula is C33H37N3O6. The van der Waals surface area contributed by atoms with Crippen LogP contribution in [0.15, 0.2) is 72.8 Å². The number of nitrogens with one attached hydrogen (secondary N) is 2. The molecule has 0 spiro atoms. The van der Waals surface area contributed by atoms with Gasteiger partial charge in [0.1, 0.15) is 23.4 Å². The normalized spacial score (nSPS) is 12.4. The van der Waals surface area contributed by atoms with E-state index in [1.807, 2.05) is 19.1 Å². The van der Waals surface area contributed by atoms with Crippen molar-refractivity contribution in [1.29, 1.82) is 0 Å². The second-order valence-electron chi connectivity index (χ2n) is 10.8. The van der Waals surface area contributed by atoms with Crippen LogP contribution in [-0.2, 0) is 20.7 Å². The molecule has 3 aromatic carbocycles. The molecule has 0 radical (unpaired) electrons. The highest BCUT2D eigenvalue weighted by molar-refractivity contribution is 5.99. The number of ether oxygens (including phenoxy) is 1. The smallest absolute Gasteiger partial charge is 0.408 e. The van der Waals surface area contributed by atoms with E-state index in [0.29, 0.717) is 22.4 Å². The van der Waals surface area contributed by atoms with E-state index in [1.165, 1.54) is 17.0 Å². The van der Waals surface area contributed by atoms with Gasteiger partial charge in [0.15, 0.2) is 0 Å². The van der Waals surface area contributed by atoms with E-state index in [1.54, 1.807) is 69.3 Å². The molecular weight excluding hydrogens is 534 g/mol. The number of benzene rings is 3. The van der Waals surface area contributed by atoms with Crippen molar-refractivity contribution in [3.8, 4) is 18.1 Å². The van der Waals surface area contributed by atoms with Crippen LogP contribution in [0.25, 0.3) is 0 Å². The first kappa shape index (κ1) is 31.7. The van der Waals surface area contributed by atoms with Crippen LogP contribution in [-0.4, -0.2) is 57.8 Å². The molecule has 0 aromatic heterocycles. The van der Waals surface area contributed by atoms with Crippen LogP contribution in [0.5, 0.6) is 5.75 Å². The highest BCUT2D eigenvalue weighted by atomic mass is 16.6. The molecule has 4 N–H and O–H groups in total. The average molecular weight is 572 g/mol. The molecule has 2 unspecified atom stereocenters. The summed E-state index contributed by atoms with van der Waals surface area (Å²) >= 11 is 0. The first-order valence-electron chi connectivity index (χ1n) is 13.5. The molecule has 0 saturated carbocycles. The number of para-hydroxylation sites is 1. The minimum atomic E-state index is -1.25. The van der Waals surface area contributed by atoms with Crippen LogP contribution in [0.4, 0.5) is 10.5 Å². The fourth-order valence-corrected chi connectivity index (χ4v) is 4.42. The minimum Gasteiger partial charge on any atom is -0.508 e. The number of nitrogens with zero attached hydrogens (tertiary/aromatic N) is 1. The van der Waals surface area contributed by atoms with E-state index < -0.39 is 42.2 Å². The lowest BCUT2D eigenvalue weighted by molar-refractivity contribution is -0.141. The number of aryl methyl sites for hydroxylation is 1. The first-order chi connectivity index (χ1) is 19.9. The number of alkyl carbamates (subject to hydrolysis) is 1. The van der Waals surface area contributed by atoms with Crippen LogP contribution in [0.2, 0.25) is 0 Å². The van der Waals surface area contributed by atoms with Crippen molar-refractivity contribution in [2.75, 3.05) is 18.5 Å². The van der Waals surface area contributed by atoms with E-state index >= 15 is 0 Å². The van der Waals surface area contributed by atoms with Gasteiger partial charge in [-0.2, -0.15) is 0 Å². The Morgan fingerprint density at radius 1 is 1.00 bits per heavy atom. The average Bonchev–Trinajstić information content (AvgIpc) is 2.93. The van der Waals surface area contributed by atoms with Gasteiger partial charge in [-0.05, 0) is 68.7 Å². The SMILES string of the molecule is C#Cc1ccccc1C(C(=O)Nc1ccccc1C)N(CCO)C(=O)C(Cc1ccc(O)cc1)NC(=O)OC(C)(C)C. The summed E-state index contributed by atoms with van der Waals surface area (Å²) in [4.78, 5) is 42.4. The zero-order valence-corrected chi connectivity index (χ0v) is 24.3. The molecule has 3 aromatic rings. The molecule has 0 aliphatic heterocycles. The minimum absolute atomic E-state index is 0.0171. The second-order valence-corrected chi connectivity index (χ2v) is 10.8. The Morgan fingerprint density at radius 2 is 1.64 bits per heavy atom. The summed E-state index contributed by atoms with van der Waals surface area (Å²) in [5.41, 5.74) is 1.95. The van der Waals surface area contributed by atoms with E-state index in [9.17, 15) is 24.6 Å². The molecule has 9 heteroatoms. The number of hydrogen-bond donors (Lipinski definition) is 4. The van der Waals surface area contributed by atoms with Crippen LogP contribution >= 0.6 is 0 Å². The summed E-state index contributed by atoms with van der Waals surface area (Å²) in [7, 11) is 0. The summed E-state index contributed by atoms with van der Waals surface area (Å²) in [6, 6.07) is 17.7. The summed E-state index contributed by atoms with van der Waals surface area (Å²) < 4.78 is 5.42. The largest absolute Gasteiger partial charge is 0.508 e. The van der Waals surface area contributed by atoms with E-state index in [0.717, 1.165) is 5.56 Å². The van der Waals surface area contributed by atoms with E-state index in [-0.39, 0.29) is 18.7 Å². The number of phenolic OH excluding ortho intramolecular Hbond substituents is 1. The summed E-state index contributed by atoms with van der Waals surface area (Å²) in [5, 5.41) is 25.3. The third kappa shape index (κ3) is 8.59. The van der Waals surface area contributed by atoms with Gasteiger partial charge in [-0.3, -0.25) is 9.59 Å². The molecule has 0 heterocycles. The Morgan fingerprint density at radius 3 is 2.26 bits per heavy atom. The number of aromatic hydroxyl groups is 1. The fourth-order valence-electron chi connectivity index (χ4n) is 4.42. The molecule has 2 atom stereocenters. The Hall–Kier alpha value is -4.81. The lowest BCUT2D eigenvalue weighted by Gasteiger charge is -2.34. The molecule has 0 bridgehead atoms. The Bertz CT molecular complexity index is 1440. The summed E-state index contributed by atoms with van der Waals surface area (Å²) in [5.74, 6) is 1.44. The fraction of sp³-hybridized carbons (Fsp3) is 0.303. The van der Waals surface area contributed by atoms with Crippen LogP contribution in [0, 0.1) is 19.3 Å². The Labute approximate surface area is 246 Å². The second kappa shape index (κ2) is 14.2. The molecule has 42 heavy (non-hydrogen) atoms. The van der Waals surface area contributed by atoms with Gasteiger partial charge in [0, 0.05) is 24.2 Å². The topological polar surface area (TPSA) is 128 Å². The number of carbonyl (C=O) groups excluding carboxylic acids is 3. The van der Waals surface area contributed by atoms with E-state index in [2.05, 4.69) is 16.6 Å². The lowest BCUT2D eigenvalue weighted by Crippen LogP contribution is -2.54. The van der Waals surface area contributed by atoms with Crippen LogP contribution < -0.4 is 10.6 Å². The van der Waals surface area contributed by atoms with Gasteiger partial charge < -0.3 is 30.5 Å². The highest BCUT2D eigenvalue weighted by Crippen LogP contribution is 2.28. The molecule has 0 fully saturated rings. The van der Waals surface area contributed by atoms with Gasteiger partial charge in [-0.1, -0.05) is 54.5 Å². The number of aliphatic hydroxyl groups excluding tert-OH is 1. The molecule has 0 aliphatic carbocycles. The maximum Gasteiger partial charge on any atom is 0.408 e. The van der Waals surface area contributed by atoms with Crippen molar-refractivity contribution < 1.29 is 29.3 Å². The van der Waals surface area contributed by atoms with Gasteiger partial charge in [0.2, 0.25) is 5.91 Å². The lowest BCUT2D eigenvalue weighted by atomic mass is 9.96. The molecule has 0 saturated heterocycles. The predicted octanol–water partition coefficient (Wildman–Crippen LogP) is 4.32. The van der Waals surface area contributed by atoms with Gasteiger partial charge in [0.25, 0.3) is 5.91 Å². The predicted molar refractivity (Wildman–Crippen MR) is 161 cm³/mol. The van der Waals surface area contributed by atoms with Gasteiger partial charge in [-0.25, -0.2) is 4.79 Å². The van der Waals surface area contributed by atoms with Crippen molar-refractivity contribution in [3.63, 3.8) is 0 Å². The van der Waals surface area contributed by atoms with Crippen molar-refractivity contribution in [3.05, 3.63) is 95.1 Å². The number of aliphatic hydroxyl groups is 1. The van der Waals surface area contributed by atoms with Crippen molar-refractivity contribution in [2.24, 2.45) is 0 Å². The number of rotatable bonds is 10. The monoisotopic (exact) mass is 571 g/mol. The molecule has 3 rings (SSSR count). The zero-order chi connectivity index (χ0) is 30.9. The number of hydrogen-bond acceptors (Lipinski definition) is 6. The number of phenols is 1. The Kier molecular flexibility index (Phi) is 10.7. The number of anilines is 1. The van der Waals surface area contributed by atoms with Crippen molar-refractivity contribution in [1.82, 2.24) is 10.2 Å². The number of amides is 3. The molecule has 3 amide bonds. The third-order valence-electron chi connectivity index (χ3n) is 6.36. The summed E-state index contributed by atoms with van der Waals surface area (Å²) in [6.07, 6.45) is 4.98. The first-order valence-corrected chi connectivity index (χ1v) is 13.5. The van der Waals surface area contributed by atoms with Crippen LogP contribution in [0.1, 0.15) is 49.1 Å². The van der Waals surface area contributed by atoms with E-state index in [4.69, 9.17) is 11.2 Å². The third-order valence-corrected chi connectivity index (χ3v) is 6.36. The standard InChI is InChI=1S/C33H37N3O6/c1-6-24-12-8-9-13-26(24)29(30(39)34-27-14-10-7-11-22(27)2)36(19-20-37)31(40)28(35-32(41)42-33(3,4)5)21-23-15-17-25(38)18-16-23/h1,7-18,28-29,37-38H,19-21H2,2-5H3,(H,34,39)(H,35,41). The van der Waals surface area contributed by atoms with Gasteiger partial charge in [-0.15, -0.1) is 6.42 Å².